The fourth-order valence-electron chi connectivity index (χ4n) is 3.41. The van der Waals surface area contributed by atoms with Gasteiger partial charge in [-0.1, -0.05) is 45.4 Å². The third-order valence-corrected chi connectivity index (χ3v) is 4.42. The minimum atomic E-state index is 0.667. The zero-order valence-electron chi connectivity index (χ0n) is 11.3. The van der Waals surface area contributed by atoms with Gasteiger partial charge in [0.2, 0.25) is 0 Å². The quantitative estimate of drug-likeness (QED) is 0.748. The number of benzene rings is 1. The van der Waals surface area contributed by atoms with Crippen molar-refractivity contribution in [3.05, 3.63) is 29.8 Å². The first-order valence-electron chi connectivity index (χ1n) is 6.94. The van der Waals surface area contributed by atoms with Crippen molar-refractivity contribution >= 4 is 5.69 Å². The average molecular weight is 231 g/mol. The minimum Gasteiger partial charge on any atom is -0.398 e. The van der Waals surface area contributed by atoms with Gasteiger partial charge in [0.15, 0.2) is 0 Å². The topological polar surface area (TPSA) is 26.0 Å². The molecule has 1 aromatic carbocycles. The van der Waals surface area contributed by atoms with Gasteiger partial charge >= 0.3 is 0 Å². The van der Waals surface area contributed by atoms with E-state index in [0.29, 0.717) is 5.92 Å². The van der Waals surface area contributed by atoms with Crippen LogP contribution in [0.15, 0.2) is 24.3 Å². The molecule has 1 aliphatic rings. The lowest BCUT2D eigenvalue weighted by atomic mass is 9.67. The van der Waals surface area contributed by atoms with E-state index in [2.05, 4.69) is 32.9 Å². The van der Waals surface area contributed by atoms with Crippen LogP contribution in [-0.2, 0) is 0 Å². The van der Waals surface area contributed by atoms with E-state index in [-0.39, 0.29) is 0 Å². The molecule has 0 bridgehead atoms. The molecule has 94 valence electrons. The Morgan fingerprint density at radius 2 is 1.88 bits per heavy atom. The van der Waals surface area contributed by atoms with Crippen LogP contribution >= 0.6 is 0 Å². The molecule has 0 saturated heterocycles. The number of para-hydroxylation sites is 1. The van der Waals surface area contributed by atoms with Crippen LogP contribution < -0.4 is 5.73 Å². The number of anilines is 1. The number of nitrogen functional groups attached to an aromatic ring is 1. The van der Waals surface area contributed by atoms with Gasteiger partial charge in [-0.3, -0.25) is 0 Å². The zero-order valence-corrected chi connectivity index (χ0v) is 11.3. The second kappa shape index (κ2) is 5.12. The molecule has 0 radical (unpaired) electrons. The maximum Gasteiger partial charge on any atom is 0.0349 e. The molecular formula is C16H25N. The van der Waals surface area contributed by atoms with Crippen LogP contribution in [0.1, 0.15) is 51.5 Å². The van der Waals surface area contributed by atoms with Crippen LogP contribution in [0, 0.1) is 17.8 Å². The molecule has 0 spiro atoms. The van der Waals surface area contributed by atoms with Crippen molar-refractivity contribution in [2.24, 2.45) is 17.8 Å². The van der Waals surface area contributed by atoms with E-state index in [4.69, 9.17) is 5.73 Å². The summed E-state index contributed by atoms with van der Waals surface area (Å²) < 4.78 is 0. The third kappa shape index (κ3) is 2.65. The van der Waals surface area contributed by atoms with Crippen molar-refractivity contribution in [2.45, 2.75) is 46.0 Å². The summed E-state index contributed by atoms with van der Waals surface area (Å²) in [5.41, 5.74) is 8.53. The van der Waals surface area contributed by atoms with Gasteiger partial charge in [0, 0.05) is 5.69 Å². The van der Waals surface area contributed by atoms with Gasteiger partial charge in [-0.2, -0.15) is 0 Å². The number of rotatable bonds is 2. The second-order valence-corrected chi connectivity index (χ2v) is 6.06. The standard InChI is InChI=1S/C16H25N/c1-11(2)13-9-8-12(3)10-15(13)14-6-4-5-7-16(14)17/h4-7,11-13,15H,8-10,17H2,1-3H3. The SMILES string of the molecule is CC1CCC(C(C)C)C(c2ccccc2N)C1. The highest BCUT2D eigenvalue weighted by Crippen LogP contribution is 2.45. The number of nitrogens with two attached hydrogens (primary N) is 1. The predicted molar refractivity (Wildman–Crippen MR) is 74.9 cm³/mol. The molecule has 1 nitrogen and oxygen atoms in total. The maximum absolute atomic E-state index is 6.16. The fourth-order valence-corrected chi connectivity index (χ4v) is 3.41. The summed E-state index contributed by atoms with van der Waals surface area (Å²) in [4.78, 5) is 0. The van der Waals surface area contributed by atoms with E-state index in [0.717, 1.165) is 23.4 Å². The smallest absolute Gasteiger partial charge is 0.0349 e. The van der Waals surface area contributed by atoms with E-state index in [9.17, 15) is 0 Å². The van der Waals surface area contributed by atoms with Crippen molar-refractivity contribution in [3.63, 3.8) is 0 Å². The van der Waals surface area contributed by atoms with Crippen molar-refractivity contribution in [2.75, 3.05) is 5.73 Å². The summed E-state index contributed by atoms with van der Waals surface area (Å²) in [6, 6.07) is 8.44. The van der Waals surface area contributed by atoms with Crippen LogP contribution in [0.2, 0.25) is 0 Å². The van der Waals surface area contributed by atoms with Gasteiger partial charge in [-0.05, 0) is 48.1 Å². The van der Waals surface area contributed by atoms with E-state index in [1.165, 1.54) is 24.8 Å². The lowest BCUT2D eigenvalue weighted by molar-refractivity contribution is 0.198. The van der Waals surface area contributed by atoms with Crippen LogP contribution in [-0.4, -0.2) is 0 Å². The molecule has 1 saturated carbocycles. The molecule has 0 aliphatic heterocycles. The molecule has 3 unspecified atom stereocenters. The molecule has 17 heavy (non-hydrogen) atoms. The summed E-state index contributed by atoms with van der Waals surface area (Å²) in [5.74, 6) is 3.07. The highest BCUT2D eigenvalue weighted by Gasteiger charge is 2.32. The first kappa shape index (κ1) is 12.5. The molecule has 0 aromatic heterocycles. The van der Waals surface area contributed by atoms with E-state index in [1.54, 1.807) is 0 Å². The van der Waals surface area contributed by atoms with Crippen LogP contribution in [0.25, 0.3) is 0 Å². The third-order valence-electron chi connectivity index (χ3n) is 4.42. The molecule has 1 aromatic rings. The Morgan fingerprint density at radius 1 is 1.18 bits per heavy atom. The van der Waals surface area contributed by atoms with Gasteiger partial charge in [-0.25, -0.2) is 0 Å². The Morgan fingerprint density at radius 3 is 2.53 bits per heavy atom. The van der Waals surface area contributed by atoms with Gasteiger partial charge in [0.25, 0.3) is 0 Å². The van der Waals surface area contributed by atoms with E-state index >= 15 is 0 Å². The fraction of sp³-hybridized carbons (Fsp3) is 0.625. The Hall–Kier alpha value is -0.980. The molecule has 1 heteroatoms. The van der Waals surface area contributed by atoms with Crippen molar-refractivity contribution in [1.82, 2.24) is 0 Å². The van der Waals surface area contributed by atoms with E-state index in [1.807, 2.05) is 12.1 Å². The summed E-state index contributed by atoms with van der Waals surface area (Å²) in [6.07, 6.45) is 4.04. The molecule has 0 amide bonds. The summed E-state index contributed by atoms with van der Waals surface area (Å²) in [5, 5.41) is 0. The molecule has 2 N–H and O–H groups in total. The van der Waals surface area contributed by atoms with E-state index < -0.39 is 0 Å². The van der Waals surface area contributed by atoms with Crippen LogP contribution in [0.4, 0.5) is 5.69 Å². The predicted octanol–water partition coefficient (Wildman–Crippen LogP) is 4.44. The van der Waals surface area contributed by atoms with Crippen LogP contribution in [0.3, 0.4) is 0 Å². The van der Waals surface area contributed by atoms with Gasteiger partial charge in [0.1, 0.15) is 0 Å². The van der Waals surface area contributed by atoms with Gasteiger partial charge in [0.05, 0.1) is 0 Å². The zero-order chi connectivity index (χ0) is 12.4. The molecule has 2 rings (SSSR count). The van der Waals surface area contributed by atoms with Crippen LogP contribution in [0.5, 0.6) is 0 Å². The normalized spacial score (nSPS) is 29.5. The highest BCUT2D eigenvalue weighted by atomic mass is 14.6. The maximum atomic E-state index is 6.16. The Labute approximate surface area is 105 Å². The number of hydrogen-bond acceptors (Lipinski definition) is 1. The molecule has 1 fully saturated rings. The number of hydrogen-bond donors (Lipinski definition) is 1. The first-order valence-corrected chi connectivity index (χ1v) is 6.94. The second-order valence-electron chi connectivity index (χ2n) is 6.06. The van der Waals surface area contributed by atoms with Crippen molar-refractivity contribution in [3.8, 4) is 0 Å². The largest absolute Gasteiger partial charge is 0.398 e. The van der Waals surface area contributed by atoms with Crippen molar-refractivity contribution < 1.29 is 0 Å². The Bertz CT molecular complexity index is 370. The molecule has 0 heterocycles. The molecule has 1 aliphatic carbocycles. The summed E-state index contributed by atoms with van der Waals surface area (Å²) in [7, 11) is 0. The monoisotopic (exact) mass is 231 g/mol. The summed E-state index contributed by atoms with van der Waals surface area (Å²) in [6.45, 7) is 7.09. The molecule has 3 atom stereocenters. The summed E-state index contributed by atoms with van der Waals surface area (Å²) >= 11 is 0. The minimum absolute atomic E-state index is 0.667. The lowest BCUT2D eigenvalue weighted by Crippen LogP contribution is -2.26. The van der Waals surface area contributed by atoms with Crippen molar-refractivity contribution in [1.29, 1.82) is 0 Å². The Kier molecular flexibility index (Phi) is 3.76. The van der Waals surface area contributed by atoms with Gasteiger partial charge in [-0.15, -0.1) is 0 Å². The lowest BCUT2D eigenvalue weighted by Gasteiger charge is -2.38. The van der Waals surface area contributed by atoms with Gasteiger partial charge < -0.3 is 5.73 Å². The highest BCUT2D eigenvalue weighted by molar-refractivity contribution is 5.48. The first-order chi connectivity index (χ1) is 8.09. The average Bonchev–Trinajstić information content (AvgIpc) is 2.29. The molecular weight excluding hydrogens is 206 g/mol. The Balaban J connectivity index is 2.29.